The van der Waals surface area contributed by atoms with Crippen molar-refractivity contribution in [3.63, 3.8) is 0 Å². The summed E-state index contributed by atoms with van der Waals surface area (Å²) in [5.74, 6) is -0.101. The predicted molar refractivity (Wildman–Crippen MR) is 135 cm³/mol. The summed E-state index contributed by atoms with van der Waals surface area (Å²) in [6.07, 6.45) is 5.60. The Labute approximate surface area is 215 Å². The van der Waals surface area contributed by atoms with Gasteiger partial charge in [0.05, 0.1) is 18.0 Å². The van der Waals surface area contributed by atoms with Crippen molar-refractivity contribution in [2.75, 3.05) is 12.3 Å². The second-order valence-electron chi connectivity index (χ2n) is 9.64. The third kappa shape index (κ3) is 5.66. The third-order valence-electron chi connectivity index (χ3n) is 7.01. The monoisotopic (exact) mass is 523 g/mol. The SMILES string of the molecule is Cc1cc(Oc2ccccc2)ccc1C(=O)N1CCC[C@@H]1CS(=O)(=O)NC(=O)C1CC(n2ccnn2)C1. The van der Waals surface area contributed by atoms with E-state index in [2.05, 4.69) is 15.0 Å². The van der Waals surface area contributed by atoms with Crippen LogP contribution >= 0.6 is 0 Å². The van der Waals surface area contributed by atoms with Crippen molar-refractivity contribution in [1.29, 1.82) is 0 Å². The van der Waals surface area contributed by atoms with Crippen LogP contribution in [0.1, 0.15) is 47.6 Å². The van der Waals surface area contributed by atoms with E-state index < -0.39 is 22.0 Å². The van der Waals surface area contributed by atoms with Crippen molar-refractivity contribution in [3.05, 3.63) is 72.1 Å². The van der Waals surface area contributed by atoms with Crippen LogP contribution in [0.2, 0.25) is 0 Å². The van der Waals surface area contributed by atoms with Crippen LogP contribution in [-0.2, 0) is 14.8 Å². The molecule has 1 N–H and O–H groups in total. The first kappa shape index (κ1) is 24.9. The molecule has 0 radical (unpaired) electrons. The molecule has 3 aromatic rings. The van der Waals surface area contributed by atoms with Crippen LogP contribution in [0.3, 0.4) is 0 Å². The zero-order valence-electron chi connectivity index (χ0n) is 20.5. The molecule has 2 amide bonds. The molecule has 1 aliphatic carbocycles. The summed E-state index contributed by atoms with van der Waals surface area (Å²) in [5, 5.41) is 7.69. The number of hydrogen-bond donors (Lipinski definition) is 1. The molecule has 2 aliphatic rings. The molecule has 194 valence electrons. The Morgan fingerprint density at radius 3 is 2.59 bits per heavy atom. The van der Waals surface area contributed by atoms with E-state index >= 15 is 0 Å². The zero-order valence-corrected chi connectivity index (χ0v) is 21.3. The number of benzene rings is 2. The van der Waals surface area contributed by atoms with Gasteiger partial charge in [-0.15, -0.1) is 5.10 Å². The van der Waals surface area contributed by atoms with Gasteiger partial charge in [-0.1, -0.05) is 23.4 Å². The first-order valence-electron chi connectivity index (χ1n) is 12.3. The van der Waals surface area contributed by atoms with Gasteiger partial charge in [-0.05, 0) is 68.5 Å². The molecule has 1 aliphatic heterocycles. The Bertz CT molecular complexity index is 1370. The molecule has 37 heavy (non-hydrogen) atoms. The number of sulfonamides is 1. The maximum absolute atomic E-state index is 13.4. The fraction of sp³-hybridized carbons (Fsp3) is 0.385. The summed E-state index contributed by atoms with van der Waals surface area (Å²) in [6, 6.07) is 14.2. The average molecular weight is 524 g/mol. The van der Waals surface area contributed by atoms with Gasteiger partial charge in [0.15, 0.2) is 0 Å². The van der Waals surface area contributed by atoms with Gasteiger partial charge in [-0.25, -0.2) is 13.1 Å². The number of para-hydroxylation sites is 1. The summed E-state index contributed by atoms with van der Waals surface area (Å²) >= 11 is 0. The highest BCUT2D eigenvalue weighted by Crippen LogP contribution is 2.37. The van der Waals surface area contributed by atoms with Crippen molar-refractivity contribution in [2.24, 2.45) is 5.92 Å². The minimum Gasteiger partial charge on any atom is -0.457 e. The Hall–Kier alpha value is -3.73. The van der Waals surface area contributed by atoms with Gasteiger partial charge in [0.2, 0.25) is 15.9 Å². The molecular formula is C26H29N5O5S. The van der Waals surface area contributed by atoms with Crippen molar-refractivity contribution < 1.29 is 22.7 Å². The highest BCUT2D eigenvalue weighted by molar-refractivity contribution is 7.90. The number of nitrogens with zero attached hydrogens (tertiary/aromatic N) is 4. The highest BCUT2D eigenvalue weighted by atomic mass is 32.2. The standard InChI is InChI=1S/C26H29N5O5S/c1-18-14-23(36-22-7-3-2-4-8-22)9-10-24(18)26(33)30-12-5-6-20(30)17-37(34,35)28-25(32)19-15-21(16-19)31-13-11-27-29-31/h2-4,7-11,13-14,19-21H,5-6,12,15-17H2,1H3,(H,28,32)/t19?,20-,21?/m1/s1. The molecular weight excluding hydrogens is 494 g/mol. The van der Waals surface area contributed by atoms with Crippen molar-refractivity contribution in [2.45, 2.75) is 44.7 Å². The molecule has 0 unspecified atom stereocenters. The molecule has 2 heterocycles. The second kappa shape index (κ2) is 10.3. The first-order chi connectivity index (χ1) is 17.8. The quantitative estimate of drug-likeness (QED) is 0.481. The number of nitrogens with one attached hydrogen (secondary N) is 1. The van der Waals surface area contributed by atoms with E-state index in [0.717, 1.165) is 5.56 Å². The van der Waals surface area contributed by atoms with Crippen molar-refractivity contribution in [1.82, 2.24) is 24.6 Å². The van der Waals surface area contributed by atoms with E-state index in [-0.39, 0.29) is 23.6 Å². The Balaban J connectivity index is 1.19. The van der Waals surface area contributed by atoms with Gasteiger partial charge >= 0.3 is 0 Å². The number of carbonyl (C=O) groups is 2. The summed E-state index contributed by atoms with van der Waals surface area (Å²) in [4.78, 5) is 27.5. The molecule has 5 rings (SSSR count). The maximum Gasteiger partial charge on any atom is 0.254 e. The molecule has 2 aromatic carbocycles. The van der Waals surface area contributed by atoms with Gasteiger partial charge in [-0.3, -0.25) is 14.3 Å². The van der Waals surface area contributed by atoms with Crippen LogP contribution in [0.25, 0.3) is 0 Å². The number of rotatable bonds is 8. The van der Waals surface area contributed by atoms with Crippen LogP contribution in [0.4, 0.5) is 0 Å². The van der Waals surface area contributed by atoms with Crippen molar-refractivity contribution in [3.8, 4) is 11.5 Å². The van der Waals surface area contributed by atoms with Gasteiger partial charge in [0, 0.05) is 30.3 Å². The number of carbonyl (C=O) groups excluding carboxylic acids is 2. The molecule has 0 spiro atoms. The van der Waals surface area contributed by atoms with Gasteiger partial charge < -0.3 is 9.64 Å². The van der Waals surface area contributed by atoms with Crippen LogP contribution in [0.15, 0.2) is 60.9 Å². The van der Waals surface area contributed by atoms with E-state index in [4.69, 9.17) is 4.74 Å². The lowest BCUT2D eigenvalue weighted by Crippen LogP contribution is -2.47. The Kier molecular flexibility index (Phi) is 6.96. The largest absolute Gasteiger partial charge is 0.457 e. The lowest BCUT2D eigenvalue weighted by atomic mass is 9.80. The zero-order chi connectivity index (χ0) is 26.0. The number of hydrogen-bond acceptors (Lipinski definition) is 7. The van der Waals surface area contributed by atoms with Crippen LogP contribution in [0, 0.1) is 12.8 Å². The van der Waals surface area contributed by atoms with E-state index in [1.165, 1.54) is 0 Å². The first-order valence-corrected chi connectivity index (χ1v) is 14.0. The number of ether oxygens (including phenoxy) is 1. The summed E-state index contributed by atoms with van der Waals surface area (Å²) in [6.45, 7) is 2.30. The lowest BCUT2D eigenvalue weighted by Gasteiger charge is -2.33. The van der Waals surface area contributed by atoms with Crippen LogP contribution < -0.4 is 9.46 Å². The summed E-state index contributed by atoms with van der Waals surface area (Å²) in [5.41, 5.74) is 1.24. The smallest absolute Gasteiger partial charge is 0.254 e. The summed E-state index contributed by atoms with van der Waals surface area (Å²) < 4.78 is 35.4. The normalized spacial score (nSPS) is 21.3. The van der Waals surface area contributed by atoms with E-state index in [1.54, 1.807) is 40.2 Å². The minimum atomic E-state index is -3.90. The number of likely N-dealkylation sites (tertiary alicyclic amines) is 1. The average Bonchev–Trinajstić information content (AvgIpc) is 3.50. The Morgan fingerprint density at radius 2 is 1.89 bits per heavy atom. The highest BCUT2D eigenvalue weighted by Gasteiger charge is 2.39. The molecule has 1 aromatic heterocycles. The maximum atomic E-state index is 13.4. The molecule has 10 nitrogen and oxygen atoms in total. The number of aryl methyl sites for hydroxylation is 1. The molecule has 11 heteroatoms. The topological polar surface area (TPSA) is 123 Å². The van der Waals surface area contributed by atoms with Crippen LogP contribution in [-0.4, -0.2) is 58.5 Å². The lowest BCUT2D eigenvalue weighted by molar-refractivity contribution is -0.127. The molecule has 2 fully saturated rings. The van der Waals surface area contributed by atoms with Gasteiger partial charge in [0.25, 0.3) is 5.91 Å². The Morgan fingerprint density at radius 1 is 1.11 bits per heavy atom. The third-order valence-corrected chi connectivity index (χ3v) is 8.35. The van der Waals surface area contributed by atoms with E-state index in [9.17, 15) is 18.0 Å². The van der Waals surface area contributed by atoms with Crippen LogP contribution in [0.5, 0.6) is 11.5 Å². The van der Waals surface area contributed by atoms with Crippen molar-refractivity contribution >= 4 is 21.8 Å². The van der Waals surface area contributed by atoms with Gasteiger partial charge in [0.1, 0.15) is 11.5 Å². The molecule has 0 bridgehead atoms. The number of amides is 2. The van der Waals surface area contributed by atoms with Gasteiger partial charge in [-0.2, -0.15) is 0 Å². The van der Waals surface area contributed by atoms with E-state index in [1.807, 2.05) is 37.3 Å². The predicted octanol–water partition coefficient (Wildman–Crippen LogP) is 3.08. The fourth-order valence-electron chi connectivity index (χ4n) is 4.96. The molecule has 1 saturated heterocycles. The summed E-state index contributed by atoms with van der Waals surface area (Å²) in [7, 11) is -3.90. The second-order valence-corrected chi connectivity index (χ2v) is 11.4. The minimum absolute atomic E-state index is 0.0524. The molecule has 1 saturated carbocycles. The fourth-order valence-corrected chi connectivity index (χ4v) is 6.37. The molecule has 1 atom stereocenters. The number of aromatic nitrogens is 3. The van der Waals surface area contributed by atoms with E-state index in [0.29, 0.717) is 49.3 Å².